The zero-order chi connectivity index (χ0) is 21.1. The number of amides is 1. The summed E-state index contributed by atoms with van der Waals surface area (Å²) >= 11 is 0. The van der Waals surface area contributed by atoms with Crippen molar-refractivity contribution < 1.29 is 17.6 Å². The van der Waals surface area contributed by atoms with E-state index in [1.807, 2.05) is 12.1 Å². The van der Waals surface area contributed by atoms with Crippen molar-refractivity contribution in [3.05, 3.63) is 71.0 Å². The first-order valence-electron chi connectivity index (χ1n) is 9.20. The summed E-state index contributed by atoms with van der Waals surface area (Å²) in [5, 5.41) is -1.17. The zero-order valence-electron chi connectivity index (χ0n) is 17.1. The lowest BCUT2D eigenvalue weighted by atomic mass is 9.87. The van der Waals surface area contributed by atoms with Crippen LogP contribution in [-0.2, 0) is 32.3 Å². The number of sulfone groups is 1. The van der Waals surface area contributed by atoms with Crippen molar-refractivity contribution in [2.45, 2.75) is 50.7 Å². The Labute approximate surface area is 167 Å². The maximum absolute atomic E-state index is 13.3. The summed E-state index contributed by atoms with van der Waals surface area (Å²) in [6, 6.07) is 13.4. The van der Waals surface area contributed by atoms with Crippen LogP contribution >= 0.6 is 0 Å². The maximum atomic E-state index is 13.3. The number of hydrogen-bond donors (Lipinski definition) is 0. The first-order valence-corrected chi connectivity index (χ1v) is 10.9. The second-order valence-electron chi connectivity index (χ2n) is 8.22. The molecule has 2 aromatic rings. The molecule has 0 spiro atoms. The molecule has 1 atom stereocenters. The Morgan fingerprint density at radius 3 is 2.21 bits per heavy atom. The Bertz CT molecular complexity index is 931. The monoisotopic (exact) mass is 405 g/mol. The van der Waals surface area contributed by atoms with E-state index in [9.17, 15) is 17.6 Å². The van der Waals surface area contributed by atoms with Gasteiger partial charge in [0.2, 0.25) is 5.91 Å². The van der Waals surface area contributed by atoms with Gasteiger partial charge in [0.05, 0.1) is 5.75 Å². The van der Waals surface area contributed by atoms with Crippen LogP contribution in [0.1, 0.15) is 44.4 Å². The van der Waals surface area contributed by atoms with Gasteiger partial charge in [0.1, 0.15) is 11.1 Å². The van der Waals surface area contributed by atoms with Crippen molar-refractivity contribution in [3.8, 4) is 0 Å². The summed E-state index contributed by atoms with van der Waals surface area (Å²) in [6.45, 7) is 7.83. The molecule has 0 saturated carbocycles. The number of benzene rings is 2. The van der Waals surface area contributed by atoms with E-state index in [-0.39, 0.29) is 17.7 Å². The van der Waals surface area contributed by atoms with Crippen LogP contribution in [0, 0.1) is 5.82 Å². The minimum atomic E-state index is -3.67. The molecule has 28 heavy (non-hydrogen) atoms. The number of hydrogen-bond acceptors (Lipinski definition) is 3. The average molecular weight is 406 g/mol. The normalized spacial score (nSPS) is 13.2. The molecule has 2 aromatic carbocycles. The van der Waals surface area contributed by atoms with Crippen LogP contribution in [0.3, 0.4) is 0 Å². The molecule has 1 unspecified atom stereocenters. The molecule has 0 aliphatic carbocycles. The highest BCUT2D eigenvalue weighted by molar-refractivity contribution is 7.92. The van der Waals surface area contributed by atoms with Gasteiger partial charge in [-0.25, -0.2) is 12.8 Å². The van der Waals surface area contributed by atoms with Gasteiger partial charge in [-0.05, 0) is 41.2 Å². The number of carbonyl (C=O) groups is 1. The van der Waals surface area contributed by atoms with Crippen LogP contribution in [-0.4, -0.2) is 31.5 Å². The van der Waals surface area contributed by atoms with Gasteiger partial charge in [-0.2, -0.15) is 0 Å². The van der Waals surface area contributed by atoms with Crippen LogP contribution in [0.5, 0.6) is 0 Å². The standard InChI is InChI=1S/C22H28FNO3S/c1-16(21(25)24(5)14-18-7-6-8-20(23)13-18)28(26,27)15-17-9-11-19(12-10-17)22(2,3)4/h6-13,16H,14-15H2,1-5H3. The van der Waals surface area contributed by atoms with E-state index < -0.39 is 26.8 Å². The molecule has 0 N–H and O–H groups in total. The van der Waals surface area contributed by atoms with E-state index >= 15 is 0 Å². The molecule has 0 aliphatic heterocycles. The summed E-state index contributed by atoms with van der Waals surface area (Å²) in [5.74, 6) is -1.09. The summed E-state index contributed by atoms with van der Waals surface area (Å²) in [6.07, 6.45) is 0. The van der Waals surface area contributed by atoms with Gasteiger partial charge < -0.3 is 4.90 Å². The predicted octanol–water partition coefficient (Wildman–Crippen LogP) is 4.09. The van der Waals surface area contributed by atoms with Crippen molar-refractivity contribution in [1.82, 2.24) is 4.90 Å². The van der Waals surface area contributed by atoms with Gasteiger partial charge in [-0.1, -0.05) is 57.2 Å². The smallest absolute Gasteiger partial charge is 0.240 e. The van der Waals surface area contributed by atoms with Gasteiger partial charge in [0.15, 0.2) is 9.84 Å². The van der Waals surface area contributed by atoms with Gasteiger partial charge in [-0.3, -0.25) is 4.79 Å². The fourth-order valence-electron chi connectivity index (χ4n) is 2.91. The lowest BCUT2D eigenvalue weighted by molar-refractivity contribution is -0.129. The summed E-state index contributed by atoms with van der Waals surface area (Å²) in [7, 11) is -2.15. The first-order chi connectivity index (χ1) is 12.9. The quantitative estimate of drug-likeness (QED) is 0.728. The molecular weight excluding hydrogens is 377 g/mol. The van der Waals surface area contributed by atoms with Gasteiger partial charge >= 0.3 is 0 Å². The van der Waals surface area contributed by atoms with Crippen molar-refractivity contribution in [2.24, 2.45) is 0 Å². The van der Waals surface area contributed by atoms with E-state index in [1.165, 1.54) is 31.0 Å². The highest BCUT2D eigenvalue weighted by atomic mass is 32.2. The van der Waals surface area contributed by atoms with E-state index in [0.717, 1.165) is 5.56 Å². The molecule has 2 rings (SSSR count). The Morgan fingerprint density at radius 2 is 1.68 bits per heavy atom. The molecule has 0 aromatic heterocycles. The van der Waals surface area contributed by atoms with Crippen LogP contribution in [0.25, 0.3) is 0 Å². The average Bonchev–Trinajstić information content (AvgIpc) is 2.59. The third-order valence-corrected chi connectivity index (χ3v) is 6.77. The van der Waals surface area contributed by atoms with Crippen molar-refractivity contribution in [2.75, 3.05) is 7.05 Å². The Kier molecular flexibility index (Phi) is 6.65. The number of rotatable bonds is 6. The van der Waals surface area contributed by atoms with Crippen LogP contribution < -0.4 is 0 Å². The van der Waals surface area contributed by atoms with Crippen molar-refractivity contribution in [1.29, 1.82) is 0 Å². The molecule has 4 nitrogen and oxygen atoms in total. The Hall–Kier alpha value is -2.21. The molecule has 0 saturated heterocycles. The summed E-state index contributed by atoms with van der Waals surface area (Å²) < 4.78 is 38.8. The second kappa shape index (κ2) is 8.43. The van der Waals surface area contributed by atoms with Gasteiger partial charge in [-0.15, -0.1) is 0 Å². The number of nitrogens with zero attached hydrogens (tertiary/aromatic N) is 1. The third kappa shape index (κ3) is 5.64. The highest BCUT2D eigenvalue weighted by Gasteiger charge is 2.30. The lowest BCUT2D eigenvalue weighted by Gasteiger charge is -2.22. The second-order valence-corrected chi connectivity index (χ2v) is 10.5. The van der Waals surface area contributed by atoms with Gasteiger partial charge in [0.25, 0.3) is 0 Å². The Balaban J connectivity index is 2.08. The number of halogens is 1. The maximum Gasteiger partial charge on any atom is 0.240 e. The first kappa shape index (κ1) is 22.1. The number of carbonyl (C=O) groups excluding carboxylic acids is 1. The van der Waals surface area contributed by atoms with Crippen molar-refractivity contribution >= 4 is 15.7 Å². The molecule has 0 aliphatic rings. The minimum Gasteiger partial charge on any atom is -0.340 e. The Morgan fingerprint density at radius 1 is 1.07 bits per heavy atom. The SMILES string of the molecule is CC(C(=O)N(C)Cc1cccc(F)c1)S(=O)(=O)Cc1ccc(C(C)(C)C)cc1. The predicted molar refractivity (Wildman–Crippen MR) is 110 cm³/mol. The van der Waals surface area contributed by atoms with Crippen LogP contribution in [0.2, 0.25) is 0 Å². The van der Waals surface area contributed by atoms with E-state index in [2.05, 4.69) is 20.8 Å². The third-order valence-electron chi connectivity index (χ3n) is 4.76. The molecule has 0 fully saturated rings. The molecule has 152 valence electrons. The molecule has 0 radical (unpaired) electrons. The van der Waals surface area contributed by atoms with E-state index in [0.29, 0.717) is 11.1 Å². The van der Waals surface area contributed by atoms with Crippen LogP contribution in [0.15, 0.2) is 48.5 Å². The van der Waals surface area contributed by atoms with Crippen LogP contribution in [0.4, 0.5) is 4.39 Å². The van der Waals surface area contributed by atoms with Crippen molar-refractivity contribution in [3.63, 3.8) is 0 Å². The summed E-state index contributed by atoms with van der Waals surface area (Å²) in [5.41, 5.74) is 2.37. The molecule has 0 bridgehead atoms. The summed E-state index contributed by atoms with van der Waals surface area (Å²) in [4.78, 5) is 13.9. The lowest BCUT2D eigenvalue weighted by Crippen LogP contribution is -2.39. The minimum absolute atomic E-state index is 0.0136. The highest BCUT2D eigenvalue weighted by Crippen LogP contribution is 2.23. The fraction of sp³-hybridized carbons (Fsp3) is 0.409. The van der Waals surface area contributed by atoms with Gasteiger partial charge in [0, 0.05) is 13.6 Å². The van der Waals surface area contributed by atoms with E-state index in [4.69, 9.17) is 0 Å². The van der Waals surface area contributed by atoms with E-state index in [1.54, 1.807) is 24.3 Å². The molecule has 6 heteroatoms. The molecular formula is C22H28FNO3S. The zero-order valence-corrected chi connectivity index (χ0v) is 17.9. The largest absolute Gasteiger partial charge is 0.340 e. The molecule has 1 amide bonds. The molecule has 0 heterocycles. The fourth-order valence-corrected chi connectivity index (χ4v) is 4.30. The topological polar surface area (TPSA) is 54.5 Å².